The van der Waals surface area contributed by atoms with Crippen LogP contribution < -0.4 is 5.32 Å². The van der Waals surface area contributed by atoms with Gasteiger partial charge in [0.2, 0.25) is 0 Å². The Labute approximate surface area is 121 Å². The van der Waals surface area contributed by atoms with Crippen molar-refractivity contribution in [2.45, 2.75) is 6.92 Å². The second kappa shape index (κ2) is 6.64. The monoisotopic (exact) mass is 284 g/mol. The number of rotatable bonds is 2. The lowest BCUT2D eigenvalue weighted by Crippen LogP contribution is -2.14. The van der Waals surface area contributed by atoms with E-state index >= 15 is 0 Å². The zero-order chi connectivity index (χ0) is 15.2. The minimum Gasteiger partial charge on any atom is -0.384 e. The summed E-state index contributed by atoms with van der Waals surface area (Å²) in [5.41, 5.74) is 1.27. The summed E-state index contributed by atoms with van der Waals surface area (Å²) in [5.74, 6) is 4.09. The first-order valence-corrected chi connectivity index (χ1v) is 6.23. The van der Waals surface area contributed by atoms with Crippen molar-refractivity contribution in [3.05, 3.63) is 59.0 Å². The molecule has 0 fully saturated rings. The molecule has 0 unspecified atom stereocenters. The second-order valence-corrected chi connectivity index (χ2v) is 4.33. The second-order valence-electron chi connectivity index (χ2n) is 4.33. The summed E-state index contributed by atoms with van der Waals surface area (Å²) in [7, 11) is 0. The summed E-state index contributed by atoms with van der Waals surface area (Å²) >= 11 is 0. The first-order chi connectivity index (χ1) is 10.1. The number of pyridine rings is 1. The predicted molar refractivity (Wildman–Crippen MR) is 77.3 cm³/mol. The third-order valence-corrected chi connectivity index (χ3v) is 2.68. The zero-order valence-electron chi connectivity index (χ0n) is 11.4. The van der Waals surface area contributed by atoms with E-state index in [1.54, 1.807) is 18.3 Å². The van der Waals surface area contributed by atoms with Crippen molar-refractivity contribution in [3.63, 3.8) is 0 Å². The maximum absolute atomic E-state index is 13.9. The molecule has 0 atom stereocenters. The van der Waals surface area contributed by atoms with Crippen molar-refractivity contribution >= 4 is 11.7 Å². The number of hydrogen-bond acceptors (Lipinski definition) is 3. The lowest BCUT2D eigenvalue weighted by molar-refractivity contribution is 0.102. The molecule has 0 spiro atoms. The van der Waals surface area contributed by atoms with Crippen molar-refractivity contribution < 1.29 is 14.3 Å². The molecule has 0 aliphatic carbocycles. The molecule has 0 aliphatic heterocycles. The van der Waals surface area contributed by atoms with Crippen molar-refractivity contribution in [3.8, 4) is 11.8 Å². The van der Waals surface area contributed by atoms with E-state index in [4.69, 9.17) is 5.11 Å². The summed E-state index contributed by atoms with van der Waals surface area (Å²) in [4.78, 5) is 16.0. The van der Waals surface area contributed by atoms with Gasteiger partial charge in [-0.3, -0.25) is 4.79 Å². The van der Waals surface area contributed by atoms with Gasteiger partial charge in [0.1, 0.15) is 18.2 Å². The average Bonchev–Trinajstić information content (AvgIpc) is 2.47. The number of nitrogens with zero attached hydrogens (tertiary/aromatic N) is 1. The molecule has 21 heavy (non-hydrogen) atoms. The van der Waals surface area contributed by atoms with Crippen molar-refractivity contribution in [2.75, 3.05) is 11.9 Å². The fourth-order valence-electron chi connectivity index (χ4n) is 1.64. The van der Waals surface area contributed by atoms with Crippen molar-refractivity contribution in [2.24, 2.45) is 0 Å². The minimum atomic E-state index is -0.677. The van der Waals surface area contributed by atoms with E-state index in [2.05, 4.69) is 22.1 Å². The van der Waals surface area contributed by atoms with Gasteiger partial charge >= 0.3 is 0 Å². The number of hydrogen-bond donors (Lipinski definition) is 2. The van der Waals surface area contributed by atoms with E-state index < -0.39 is 11.7 Å². The zero-order valence-corrected chi connectivity index (χ0v) is 11.4. The van der Waals surface area contributed by atoms with Crippen molar-refractivity contribution in [1.29, 1.82) is 0 Å². The Morgan fingerprint density at radius 2 is 2.19 bits per heavy atom. The van der Waals surface area contributed by atoms with Crippen LogP contribution in [0.1, 0.15) is 21.5 Å². The highest BCUT2D eigenvalue weighted by molar-refractivity contribution is 6.04. The molecule has 4 nitrogen and oxygen atoms in total. The fraction of sp³-hybridized carbons (Fsp3) is 0.125. The maximum atomic E-state index is 13.9. The van der Waals surface area contributed by atoms with E-state index in [9.17, 15) is 9.18 Å². The molecular weight excluding hydrogens is 271 g/mol. The van der Waals surface area contributed by atoms with Gasteiger partial charge in [0.25, 0.3) is 5.91 Å². The number of aliphatic hydroxyl groups excluding tert-OH is 1. The third-order valence-electron chi connectivity index (χ3n) is 2.68. The molecule has 0 bridgehead atoms. The standard InChI is InChI=1S/C16H13FN2O2/c1-11-4-7-15(18-10-11)19-16(21)13-6-5-12(3-2-8-20)9-14(13)17/h4-7,9-10,20H,8H2,1H3,(H,18,19,21). The normalized spacial score (nSPS) is 9.67. The molecule has 1 aromatic carbocycles. The number of halogens is 1. The van der Waals surface area contributed by atoms with Crippen molar-refractivity contribution in [1.82, 2.24) is 4.98 Å². The lowest BCUT2D eigenvalue weighted by Gasteiger charge is -2.06. The molecule has 1 heterocycles. The number of benzene rings is 1. The van der Waals surface area contributed by atoms with E-state index in [-0.39, 0.29) is 12.2 Å². The Bertz CT molecular complexity index is 715. The van der Waals surface area contributed by atoms with Crippen LogP contribution in [-0.2, 0) is 0 Å². The van der Waals surface area contributed by atoms with Gasteiger partial charge in [-0.15, -0.1) is 0 Å². The van der Waals surface area contributed by atoms with E-state index in [0.29, 0.717) is 11.4 Å². The molecule has 1 aromatic heterocycles. The summed E-state index contributed by atoms with van der Waals surface area (Å²) in [5, 5.41) is 11.1. The van der Waals surface area contributed by atoms with Crippen LogP contribution in [0.2, 0.25) is 0 Å². The minimum absolute atomic E-state index is 0.0908. The number of aryl methyl sites for hydroxylation is 1. The van der Waals surface area contributed by atoms with E-state index in [1.165, 1.54) is 12.1 Å². The number of carbonyl (C=O) groups is 1. The van der Waals surface area contributed by atoms with Crippen LogP contribution in [0.5, 0.6) is 0 Å². The maximum Gasteiger partial charge on any atom is 0.259 e. The average molecular weight is 284 g/mol. The van der Waals surface area contributed by atoms with Gasteiger partial charge in [-0.25, -0.2) is 9.37 Å². The first kappa shape index (κ1) is 14.7. The number of nitrogens with one attached hydrogen (secondary N) is 1. The van der Waals surface area contributed by atoms with Gasteiger partial charge in [-0.05, 0) is 36.8 Å². The fourth-order valence-corrected chi connectivity index (χ4v) is 1.64. The third kappa shape index (κ3) is 3.88. The largest absolute Gasteiger partial charge is 0.384 e. The Morgan fingerprint density at radius 1 is 1.38 bits per heavy atom. The molecule has 106 valence electrons. The molecule has 2 N–H and O–H groups in total. The quantitative estimate of drug-likeness (QED) is 0.830. The molecule has 1 amide bonds. The van der Waals surface area contributed by atoms with Crippen LogP contribution >= 0.6 is 0 Å². The number of carbonyl (C=O) groups excluding carboxylic acids is 1. The van der Waals surface area contributed by atoms with Gasteiger partial charge in [-0.2, -0.15) is 0 Å². The van der Waals surface area contributed by atoms with Gasteiger partial charge in [-0.1, -0.05) is 17.9 Å². The van der Waals surface area contributed by atoms with Gasteiger partial charge in [0, 0.05) is 11.8 Å². The van der Waals surface area contributed by atoms with Crippen LogP contribution in [0.15, 0.2) is 36.5 Å². The predicted octanol–water partition coefficient (Wildman–Crippen LogP) is 2.13. The first-order valence-electron chi connectivity index (χ1n) is 6.23. The molecule has 0 saturated carbocycles. The van der Waals surface area contributed by atoms with Crippen LogP contribution in [0.4, 0.5) is 10.2 Å². The van der Waals surface area contributed by atoms with Crippen LogP contribution in [0.25, 0.3) is 0 Å². The molecule has 2 aromatic rings. The van der Waals surface area contributed by atoms with E-state index in [1.807, 2.05) is 6.92 Å². The lowest BCUT2D eigenvalue weighted by atomic mass is 10.1. The van der Waals surface area contributed by atoms with Crippen LogP contribution in [-0.4, -0.2) is 22.6 Å². The van der Waals surface area contributed by atoms with Crippen LogP contribution in [0, 0.1) is 24.6 Å². The highest BCUT2D eigenvalue weighted by atomic mass is 19.1. The smallest absolute Gasteiger partial charge is 0.259 e. The highest BCUT2D eigenvalue weighted by Gasteiger charge is 2.12. The Balaban J connectivity index is 2.17. The summed E-state index contributed by atoms with van der Waals surface area (Å²) < 4.78 is 13.9. The Morgan fingerprint density at radius 3 is 2.81 bits per heavy atom. The Kier molecular flexibility index (Phi) is 4.64. The number of anilines is 1. The van der Waals surface area contributed by atoms with Gasteiger partial charge in [0.15, 0.2) is 0 Å². The Hall–Kier alpha value is -2.71. The number of amides is 1. The van der Waals surface area contributed by atoms with Gasteiger partial charge in [0.05, 0.1) is 5.56 Å². The molecular formula is C16H13FN2O2. The van der Waals surface area contributed by atoms with E-state index in [0.717, 1.165) is 11.6 Å². The van der Waals surface area contributed by atoms with Crippen LogP contribution in [0.3, 0.4) is 0 Å². The number of aromatic nitrogens is 1. The highest BCUT2D eigenvalue weighted by Crippen LogP contribution is 2.12. The molecule has 2 rings (SSSR count). The molecule has 0 saturated heterocycles. The summed E-state index contributed by atoms with van der Waals surface area (Å²) in [6.45, 7) is 1.58. The SMILES string of the molecule is Cc1ccc(NC(=O)c2ccc(C#CCO)cc2F)nc1. The topological polar surface area (TPSA) is 62.2 Å². The van der Waals surface area contributed by atoms with Gasteiger partial charge < -0.3 is 10.4 Å². The summed E-state index contributed by atoms with van der Waals surface area (Å²) in [6, 6.07) is 7.46. The molecule has 0 aliphatic rings. The summed E-state index contributed by atoms with van der Waals surface area (Å²) in [6.07, 6.45) is 1.61. The molecule has 0 radical (unpaired) electrons. The molecule has 5 heteroatoms. The number of aliphatic hydroxyl groups is 1.